The van der Waals surface area contributed by atoms with Crippen LogP contribution in [0.1, 0.15) is 30.9 Å². The number of carbonyl (C=O) groups is 2. The Kier molecular flexibility index (Phi) is 9.87. The summed E-state index contributed by atoms with van der Waals surface area (Å²) in [6.45, 7) is 1.82. The van der Waals surface area contributed by atoms with Gasteiger partial charge < -0.3 is 18.9 Å². The predicted octanol–water partition coefficient (Wildman–Crippen LogP) is 3.12. The molecule has 166 valence electrons. The quantitative estimate of drug-likeness (QED) is 0.317. The van der Waals surface area contributed by atoms with Gasteiger partial charge in [-0.3, -0.25) is 4.79 Å². The molecule has 2 aromatic carbocycles. The maximum atomic E-state index is 12.0. The maximum Gasteiger partial charge on any atom is 0.344 e. The van der Waals surface area contributed by atoms with E-state index in [9.17, 15) is 9.59 Å². The molecule has 0 aliphatic rings. The molecule has 8 heteroatoms. The first-order chi connectivity index (χ1) is 15.0. The Hall–Kier alpha value is -3.55. The lowest BCUT2D eigenvalue weighted by molar-refractivity contribution is -0.145. The van der Waals surface area contributed by atoms with Gasteiger partial charge in [0.1, 0.15) is 5.75 Å². The first kappa shape index (κ1) is 23.7. The molecule has 31 heavy (non-hydrogen) atoms. The van der Waals surface area contributed by atoms with Crippen LogP contribution < -0.4 is 19.6 Å². The summed E-state index contributed by atoms with van der Waals surface area (Å²) in [5.41, 5.74) is 4.37. The molecular weight excluding hydrogens is 400 g/mol. The molecule has 8 nitrogen and oxygen atoms in total. The number of amides is 1. The van der Waals surface area contributed by atoms with Crippen LogP contribution in [-0.4, -0.2) is 45.5 Å². The molecular formula is C23H28N2O6. The highest BCUT2D eigenvalue weighted by atomic mass is 16.6. The van der Waals surface area contributed by atoms with Gasteiger partial charge in [-0.2, -0.15) is 5.10 Å². The second-order valence-corrected chi connectivity index (χ2v) is 6.50. The SMILES string of the molecule is CCOC(=O)COc1ccc(/C=N\NC(=O)CCCc2ccc(OC)cc2)cc1OC. The van der Waals surface area contributed by atoms with Crippen molar-refractivity contribution in [3.8, 4) is 17.2 Å². The molecule has 0 unspecified atom stereocenters. The van der Waals surface area contributed by atoms with Crippen LogP contribution in [0.4, 0.5) is 0 Å². The minimum atomic E-state index is -0.454. The molecule has 0 heterocycles. The number of esters is 1. The number of hydrogen-bond acceptors (Lipinski definition) is 7. The molecule has 1 N–H and O–H groups in total. The van der Waals surface area contributed by atoms with E-state index in [-0.39, 0.29) is 12.5 Å². The summed E-state index contributed by atoms with van der Waals surface area (Å²) >= 11 is 0. The molecule has 0 radical (unpaired) electrons. The minimum Gasteiger partial charge on any atom is -0.497 e. The van der Waals surface area contributed by atoms with Gasteiger partial charge in [0.25, 0.3) is 0 Å². The fraction of sp³-hybridized carbons (Fsp3) is 0.348. The highest BCUT2D eigenvalue weighted by molar-refractivity contribution is 5.83. The van der Waals surface area contributed by atoms with Gasteiger partial charge in [0.2, 0.25) is 5.91 Å². The first-order valence-electron chi connectivity index (χ1n) is 9.97. The summed E-state index contributed by atoms with van der Waals surface area (Å²) < 4.78 is 20.7. The van der Waals surface area contributed by atoms with E-state index in [0.29, 0.717) is 36.5 Å². The highest BCUT2D eigenvalue weighted by Crippen LogP contribution is 2.27. The van der Waals surface area contributed by atoms with Gasteiger partial charge >= 0.3 is 5.97 Å². The van der Waals surface area contributed by atoms with Gasteiger partial charge in [0.05, 0.1) is 27.0 Å². The molecule has 0 saturated carbocycles. The van der Waals surface area contributed by atoms with Crippen molar-refractivity contribution in [3.63, 3.8) is 0 Å². The fourth-order valence-corrected chi connectivity index (χ4v) is 2.70. The molecule has 2 rings (SSSR count). The Balaban J connectivity index is 1.78. The van der Waals surface area contributed by atoms with Crippen LogP contribution in [0.25, 0.3) is 0 Å². The number of hydrogen-bond donors (Lipinski definition) is 1. The van der Waals surface area contributed by atoms with Crippen LogP contribution in [0, 0.1) is 0 Å². The summed E-state index contributed by atoms with van der Waals surface area (Å²) in [5.74, 6) is 1.05. The molecule has 0 bridgehead atoms. The molecule has 2 aromatic rings. The summed E-state index contributed by atoms with van der Waals surface area (Å²) in [6, 6.07) is 12.9. The van der Waals surface area contributed by atoms with E-state index in [1.165, 1.54) is 13.3 Å². The van der Waals surface area contributed by atoms with E-state index in [1.807, 2.05) is 24.3 Å². The second-order valence-electron chi connectivity index (χ2n) is 6.50. The normalized spacial score (nSPS) is 10.5. The molecule has 0 spiro atoms. The molecule has 0 aliphatic heterocycles. The first-order valence-corrected chi connectivity index (χ1v) is 9.97. The van der Waals surface area contributed by atoms with Crippen molar-refractivity contribution in [2.24, 2.45) is 5.10 Å². The molecule has 0 atom stereocenters. The largest absolute Gasteiger partial charge is 0.497 e. The number of benzene rings is 2. The molecule has 0 aliphatic carbocycles. The van der Waals surface area contributed by atoms with Crippen molar-refractivity contribution in [1.82, 2.24) is 5.43 Å². The maximum absolute atomic E-state index is 12.0. The number of ether oxygens (including phenoxy) is 4. The Bertz CT molecular complexity index is 880. The third-order valence-electron chi connectivity index (χ3n) is 4.27. The van der Waals surface area contributed by atoms with Gasteiger partial charge in [-0.15, -0.1) is 0 Å². The monoisotopic (exact) mass is 428 g/mol. The van der Waals surface area contributed by atoms with E-state index in [0.717, 1.165) is 17.7 Å². The average molecular weight is 428 g/mol. The number of hydrazone groups is 1. The van der Waals surface area contributed by atoms with Crippen molar-refractivity contribution in [3.05, 3.63) is 53.6 Å². The van der Waals surface area contributed by atoms with Crippen LogP contribution in [0.15, 0.2) is 47.6 Å². The number of aryl methyl sites for hydroxylation is 1. The lowest BCUT2D eigenvalue weighted by Crippen LogP contribution is -2.17. The lowest BCUT2D eigenvalue weighted by Gasteiger charge is -2.10. The van der Waals surface area contributed by atoms with Gasteiger partial charge in [-0.25, -0.2) is 10.2 Å². The number of nitrogens with one attached hydrogen (secondary N) is 1. The van der Waals surface area contributed by atoms with E-state index in [4.69, 9.17) is 18.9 Å². The zero-order valence-corrected chi connectivity index (χ0v) is 18.1. The van der Waals surface area contributed by atoms with E-state index in [2.05, 4.69) is 10.5 Å². The average Bonchev–Trinajstić information content (AvgIpc) is 2.78. The van der Waals surface area contributed by atoms with Crippen LogP contribution >= 0.6 is 0 Å². The molecule has 0 saturated heterocycles. The van der Waals surface area contributed by atoms with Crippen molar-refractivity contribution in [2.75, 3.05) is 27.4 Å². The minimum absolute atomic E-state index is 0.161. The Morgan fingerprint density at radius 3 is 2.48 bits per heavy atom. The van der Waals surface area contributed by atoms with Crippen LogP contribution in [0.5, 0.6) is 17.2 Å². The Morgan fingerprint density at radius 1 is 1.03 bits per heavy atom. The van der Waals surface area contributed by atoms with Gasteiger partial charge in [-0.1, -0.05) is 12.1 Å². The predicted molar refractivity (Wildman–Crippen MR) is 117 cm³/mol. The zero-order valence-electron chi connectivity index (χ0n) is 18.1. The lowest BCUT2D eigenvalue weighted by atomic mass is 10.1. The van der Waals surface area contributed by atoms with Crippen LogP contribution in [0.2, 0.25) is 0 Å². The summed E-state index contributed by atoms with van der Waals surface area (Å²) in [7, 11) is 3.13. The Morgan fingerprint density at radius 2 is 1.81 bits per heavy atom. The summed E-state index contributed by atoms with van der Waals surface area (Å²) in [6.07, 6.45) is 3.39. The Labute approximate surface area is 182 Å². The van der Waals surface area contributed by atoms with Crippen LogP contribution in [0.3, 0.4) is 0 Å². The smallest absolute Gasteiger partial charge is 0.344 e. The van der Waals surface area contributed by atoms with Crippen molar-refractivity contribution >= 4 is 18.1 Å². The summed E-state index contributed by atoms with van der Waals surface area (Å²) in [4.78, 5) is 23.4. The van der Waals surface area contributed by atoms with E-state index >= 15 is 0 Å². The van der Waals surface area contributed by atoms with Gasteiger partial charge in [0, 0.05) is 6.42 Å². The zero-order chi connectivity index (χ0) is 22.5. The van der Waals surface area contributed by atoms with Gasteiger partial charge in [0.15, 0.2) is 18.1 Å². The summed E-state index contributed by atoms with van der Waals surface area (Å²) in [5, 5.41) is 3.98. The van der Waals surface area contributed by atoms with Gasteiger partial charge in [-0.05, 0) is 61.2 Å². The number of rotatable bonds is 12. The number of carbonyl (C=O) groups excluding carboxylic acids is 2. The van der Waals surface area contributed by atoms with Crippen molar-refractivity contribution in [1.29, 1.82) is 0 Å². The van der Waals surface area contributed by atoms with Crippen molar-refractivity contribution in [2.45, 2.75) is 26.2 Å². The van der Waals surface area contributed by atoms with E-state index in [1.54, 1.807) is 32.2 Å². The topological polar surface area (TPSA) is 95.5 Å². The molecule has 0 aromatic heterocycles. The highest BCUT2D eigenvalue weighted by Gasteiger charge is 2.09. The third kappa shape index (κ3) is 8.38. The standard InChI is InChI=1S/C23H28N2O6/c1-4-30-23(27)16-31-20-13-10-18(14-21(20)29-3)15-24-25-22(26)7-5-6-17-8-11-19(28-2)12-9-17/h8-15H,4-7,16H2,1-3H3,(H,25,26)/b24-15-. The second kappa shape index (κ2) is 12.9. The van der Waals surface area contributed by atoms with Crippen molar-refractivity contribution < 1.29 is 28.5 Å². The number of methoxy groups -OCH3 is 2. The number of nitrogens with zero attached hydrogens (tertiary/aromatic N) is 1. The molecule has 0 fully saturated rings. The fourth-order valence-electron chi connectivity index (χ4n) is 2.70. The van der Waals surface area contributed by atoms with Crippen LogP contribution in [-0.2, 0) is 20.7 Å². The van der Waals surface area contributed by atoms with E-state index < -0.39 is 5.97 Å². The molecule has 1 amide bonds. The third-order valence-corrected chi connectivity index (χ3v) is 4.27.